The van der Waals surface area contributed by atoms with Crippen molar-refractivity contribution < 1.29 is 50.3 Å². The van der Waals surface area contributed by atoms with Gasteiger partial charge in [0.15, 0.2) is 11.9 Å². The van der Waals surface area contributed by atoms with Gasteiger partial charge in [-0.1, -0.05) is 0 Å². The van der Waals surface area contributed by atoms with Crippen molar-refractivity contribution in [3.8, 4) is 0 Å². The molecule has 0 aliphatic carbocycles. The Labute approximate surface area is 215 Å². The second-order valence-corrected chi connectivity index (χ2v) is 8.49. The Hall–Kier alpha value is -3.27. The van der Waals surface area contributed by atoms with Crippen molar-refractivity contribution in [1.29, 1.82) is 0 Å². The summed E-state index contributed by atoms with van der Waals surface area (Å²) in [7, 11) is 0. The number of hydroxylamine groups is 3. The second kappa shape index (κ2) is 10.1. The third-order valence-corrected chi connectivity index (χ3v) is 5.81. The number of morpholine rings is 1. The van der Waals surface area contributed by atoms with Gasteiger partial charge in [-0.3, -0.25) is 4.98 Å². The minimum Gasteiger partial charge on any atom is -0.632 e. The van der Waals surface area contributed by atoms with Crippen LogP contribution in [0.15, 0.2) is 47.2 Å². The van der Waals surface area contributed by atoms with Crippen molar-refractivity contribution in [3.63, 3.8) is 0 Å². The minimum atomic E-state index is -5.16. The van der Waals surface area contributed by atoms with Crippen LogP contribution in [0, 0.1) is 11.0 Å². The van der Waals surface area contributed by atoms with E-state index in [1.54, 1.807) is 0 Å². The third-order valence-electron chi connectivity index (χ3n) is 5.81. The minimum absolute atomic E-state index is 0.0802. The normalized spacial score (nSPS) is 24.9. The monoisotopic (exact) mass is 554 g/mol. The van der Waals surface area contributed by atoms with Crippen molar-refractivity contribution in [2.75, 3.05) is 13.2 Å². The van der Waals surface area contributed by atoms with Crippen molar-refractivity contribution in [1.82, 2.24) is 15.2 Å². The molecule has 1 aliphatic rings. The molecule has 1 fully saturated rings. The number of aromatic nitrogens is 3. The first-order chi connectivity index (χ1) is 19.3. The van der Waals surface area contributed by atoms with Crippen LogP contribution in [0.1, 0.15) is 52.6 Å². The predicted octanol–water partition coefficient (Wildman–Crippen LogP) is 4.96. The van der Waals surface area contributed by atoms with Crippen LogP contribution in [0.3, 0.4) is 0 Å². The van der Waals surface area contributed by atoms with Gasteiger partial charge in [-0.25, -0.2) is 14.3 Å². The molecule has 1 saturated heterocycles. The zero-order valence-electron chi connectivity index (χ0n) is 23.3. The number of benzene rings is 2. The highest BCUT2D eigenvalue weighted by Crippen LogP contribution is 2.41. The molecule has 4 atom stereocenters. The highest BCUT2D eigenvalue weighted by molar-refractivity contribution is 5.34. The van der Waals surface area contributed by atoms with E-state index >= 15 is 0 Å². The van der Waals surface area contributed by atoms with E-state index in [2.05, 4.69) is 10.1 Å². The number of aromatic amines is 2. The third kappa shape index (κ3) is 6.06. The fraction of sp³-hybridized carbons (Fsp3) is 0.391. The number of hydrogen-bond acceptors (Lipinski definition) is 5. The fourth-order valence-electron chi connectivity index (χ4n) is 4.02. The molecule has 4 rings (SSSR count). The van der Waals surface area contributed by atoms with Gasteiger partial charge < -0.3 is 19.3 Å². The van der Waals surface area contributed by atoms with Crippen molar-refractivity contribution in [2.45, 2.75) is 44.3 Å². The van der Waals surface area contributed by atoms with Crippen molar-refractivity contribution in [2.24, 2.45) is 0 Å². The van der Waals surface area contributed by atoms with Gasteiger partial charge in [0.05, 0.1) is 29.3 Å². The zero-order chi connectivity index (χ0) is 31.4. The van der Waals surface area contributed by atoms with Gasteiger partial charge in [0.25, 0.3) is 0 Å². The number of H-pyrrole nitrogens is 2. The summed E-state index contributed by atoms with van der Waals surface area (Å²) in [6.07, 6.45) is -13.8. The SMILES string of the molecule is [2H]c1c([2H])c([C@H]2[C@@H](O[C@H](C)c3cc(C(F)(F)F)cc(C(F)(F)F)c3)OCC[N+]2([O-])Cc2n[nH]c(=O)[nH]2)c([2H])c([2H])c1F. The highest BCUT2D eigenvalue weighted by Gasteiger charge is 2.45. The topological polar surface area (TPSA) is 103 Å². The molecule has 2 N–H and O–H groups in total. The van der Waals surface area contributed by atoms with Crippen LogP contribution < -0.4 is 5.69 Å². The molecule has 1 unspecified atom stereocenters. The predicted molar refractivity (Wildman–Crippen MR) is 116 cm³/mol. The van der Waals surface area contributed by atoms with Crippen LogP contribution in [0.2, 0.25) is 0 Å². The molecular weight excluding hydrogens is 529 g/mol. The number of quaternary nitrogens is 1. The quantitative estimate of drug-likeness (QED) is 0.255. The van der Waals surface area contributed by atoms with Crippen LogP contribution in [0.5, 0.6) is 0 Å². The molecule has 2 aromatic carbocycles. The molecule has 38 heavy (non-hydrogen) atoms. The maximum absolute atomic E-state index is 14.3. The smallest absolute Gasteiger partial charge is 0.416 e. The standard InChI is InChI=1S/C23H21F7N4O4/c1-12(14-8-15(22(25,26)27)10-16(9-14)23(28,29)30)38-20-19(13-2-4-17(24)5-3-13)34(36,6-7-37-20)11-18-31-21(35)33-32-18/h2-5,8-10,12,19-20H,6-7,11H2,1H3,(H2,31,32,33,35)/t12-,19+,20-,34?/m1/s1/i2D,3D,4D,5D. The van der Waals surface area contributed by atoms with Crippen molar-refractivity contribution in [3.05, 3.63) is 92.0 Å². The highest BCUT2D eigenvalue weighted by atomic mass is 19.4. The van der Waals surface area contributed by atoms with E-state index in [9.17, 15) is 40.7 Å². The van der Waals surface area contributed by atoms with Crippen LogP contribution in [0.25, 0.3) is 0 Å². The lowest BCUT2D eigenvalue weighted by atomic mass is 10.00. The van der Waals surface area contributed by atoms with Gasteiger partial charge in [0.1, 0.15) is 18.9 Å². The van der Waals surface area contributed by atoms with E-state index in [1.165, 1.54) is 0 Å². The molecule has 0 radical (unpaired) electrons. The molecule has 15 heteroatoms. The Balaban J connectivity index is 1.84. The molecule has 0 amide bonds. The van der Waals surface area contributed by atoms with Crippen molar-refractivity contribution >= 4 is 0 Å². The first kappa shape index (κ1) is 22.7. The first-order valence-electron chi connectivity index (χ1n) is 12.9. The summed E-state index contributed by atoms with van der Waals surface area (Å²) < 4.78 is 137. The van der Waals surface area contributed by atoms with E-state index < -0.39 is 113 Å². The van der Waals surface area contributed by atoms with E-state index in [1.807, 2.05) is 5.10 Å². The van der Waals surface area contributed by atoms with Gasteiger partial charge in [-0.15, -0.1) is 0 Å². The van der Waals surface area contributed by atoms with E-state index in [-0.39, 0.29) is 11.9 Å². The van der Waals surface area contributed by atoms with Gasteiger partial charge in [0, 0.05) is 5.56 Å². The molecule has 1 aliphatic heterocycles. The molecular formula is C23H21F7N4O4. The van der Waals surface area contributed by atoms with Crippen LogP contribution >= 0.6 is 0 Å². The number of rotatable bonds is 6. The summed E-state index contributed by atoms with van der Waals surface area (Å²) in [5, 5.41) is 19.9. The van der Waals surface area contributed by atoms with Gasteiger partial charge in [-0.2, -0.15) is 31.4 Å². The van der Waals surface area contributed by atoms with Crippen LogP contribution in [0.4, 0.5) is 30.7 Å². The Morgan fingerprint density at radius 1 is 1.16 bits per heavy atom. The lowest BCUT2D eigenvalue weighted by Crippen LogP contribution is -2.56. The van der Waals surface area contributed by atoms with Gasteiger partial charge in [-0.05, 0) is 54.9 Å². The maximum Gasteiger partial charge on any atom is 0.416 e. The molecule has 3 aromatic rings. The Morgan fingerprint density at radius 2 is 1.76 bits per heavy atom. The van der Waals surface area contributed by atoms with E-state index in [0.717, 1.165) is 6.92 Å². The number of hydrogen-bond donors (Lipinski definition) is 2. The summed E-state index contributed by atoms with van der Waals surface area (Å²) in [4.78, 5) is 13.8. The molecule has 0 bridgehead atoms. The first-order valence-corrected chi connectivity index (χ1v) is 10.9. The van der Waals surface area contributed by atoms with Crippen LogP contribution in [-0.4, -0.2) is 39.3 Å². The number of nitrogens with one attached hydrogen (secondary N) is 2. The lowest BCUT2D eigenvalue weighted by Gasteiger charge is -2.53. The molecule has 2 heterocycles. The number of halogens is 7. The van der Waals surface area contributed by atoms with Gasteiger partial charge in [0.2, 0.25) is 6.29 Å². The van der Waals surface area contributed by atoms with Gasteiger partial charge >= 0.3 is 18.0 Å². The molecule has 206 valence electrons. The summed E-state index contributed by atoms with van der Waals surface area (Å²) in [5.74, 6) is -1.74. The maximum atomic E-state index is 14.3. The van der Waals surface area contributed by atoms with E-state index in [4.69, 9.17) is 15.0 Å². The van der Waals surface area contributed by atoms with E-state index in [0.29, 0.717) is 12.1 Å². The Morgan fingerprint density at radius 3 is 2.29 bits per heavy atom. The van der Waals surface area contributed by atoms with Crippen LogP contribution in [-0.2, 0) is 28.4 Å². The summed E-state index contributed by atoms with van der Waals surface area (Å²) >= 11 is 0. The Kier molecular flexibility index (Phi) is 6.05. The zero-order valence-corrected chi connectivity index (χ0v) is 19.3. The largest absolute Gasteiger partial charge is 0.632 e. The molecule has 0 saturated carbocycles. The second-order valence-electron chi connectivity index (χ2n) is 8.49. The average Bonchev–Trinajstić information content (AvgIpc) is 3.30. The number of nitrogens with zero attached hydrogens (tertiary/aromatic N) is 2. The lowest BCUT2D eigenvalue weighted by molar-refractivity contribution is -0.941. The summed E-state index contributed by atoms with van der Waals surface area (Å²) in [5.41, 5.74) is -5.34. The number of alkyl halides is 6. The molecule has 0 spiro atoms. The summed E-state index contributed by atoms with van der Waals surface area (Å²) in [6.45, 7) is -0.479. The Bertz CT molecular complexity index is 1490. The average molecular weight is 554 g/mol. The number of ether oxygens (including phenoxy) is 2. The fourth-order valence-corrected chi connectivity index (χ4v) is 4.02. The molecule has 8 nitrogen and oxygen atoms in total. The summed E-state index contributed by atoms with van der Waals surface area (Å²) in [6, 6.07) is -5.41. The molecule has 1 aromatic heterocycles.